The third kappa shape index (κ3) is 2.81. The summed E-state index contributed by atoms with van der Waals surface area (Å²) < 4.78 is 29.3. The Kier molecular flexibility index (Phi) is 3.97. The average Bonchev–Trinajstić information content (AvgIpc) is 3.44. The highest BCUT2D eigenvalue weighted by Gasteiger charge is 2.21. The summed E-state index contributed by atoms with van der Waals surface area (Å²) >= 11 is 0. The summed E-state index contributed by atoms with van der Waals surface area (Å²) in [5.74, 6) is -0.566. The lowest BCUT2D eigenvalue weighted by atomic mass is 10.1. The average molecular weight is 426 g/mol. The summed E-state index contributed by atoms with van der Waals surface area (Å²) in [6, 6.07) is 7.96. The van der Waals surface area contributed by atoms with Crippen LogP contribution in [-0.2, 0) is 0 Å². The molecule has 0 bridgehead atoms. The van der Waals surface area contributed by atoms with Gasteiger partial charge in [-0.3, -0.25) is 5.10 Å². The van der Waals surface area contributed by atoms with Crippen LogP contribution in [0.15, 0.2) is 61.4 Å². The van der Waals surface area contributed by atoms with Gasteiger partial charge >= 0.3 is 0 Å². The van der Waals surface area contributed by atoms with Gasteiger partial charge in [0.15, 0.2) is 17.1 Å². The van der Waals surface area contributed by atoms with E-state index in [2.05, 4.69) is 40.1 Å². The van der Waals surface area contributed by atoms with Gasteiger partial charge in [-0.15, -0.1) is 0 Å². The number of aromatic nitrogens is 8. The summed E-state index contributed by atoms with van der Waals surface area (Å²) in [5, 5.41) is 7.15. The highest BCUT2D eigenvalue weighted by Crippen LogP contribution is 2.33. The van der Waals surface area contributed by atoms with Gasteiger partial charge in [0, 0.05) is 41.5 Å². The number of benzene rings is 1. The fourth-order valence-corrected chi connectivity index (χ4v) is 3.68. The molecule has 0 saturated heterocycles. The molecule has 0 atom stereocenters. The van der Waals surface area contributed by atoms with Crippen LogP contribution in [0.2, 0.25) is 0 Å². The first-order valence-corrected chi connectivity index (χ1v) is 9.58. The number of nitrogens with one attached hydrogen (secondary N) is 2. The van der Waals surface area contributed by atoms with E-state index in [-0.39, 0.29) is 28.1 Å². The first kappa shape index (κ1) is 18.2. The normalized spacial score (nSPS) is 11.4. The van der Waals surface area contributed by atoms with Crippen molar-refractivity contribution in [2.24, 2.45) is 0 Å². The maximum Gasteiger partial charge on any atom is 0.161 e. The molecule has 6 rings (SSSR count). The van der Waals surface area contributed by atoms with Crippen LogP contribution in [0.5, 0.6) is 0 Å². The van der Waals surface area contributed by atoms with Gasteiger partial charge in [0.2, 0.25) is 0 Å². The van der Waals surface area contributed by atoms with Gasteiger partial charge in [-0.05, 0) is 23.8 Å². The number of aromatic amines is 2. The number of H-pyrrole nitrogens is 2. The Morgan fingerprint density at radius 1 is 0.844 bits per heavy atom. The topological polar surface area (TPSA) is 109 Å². The van der Waals surface area contributed by atoms with Crippen LogP contribution < -0.4 is 0 Å². The Bertz CT molecular complexity index is 1610. The Morgan fingerprint density at radius 3 is 2.56 bits per heavy atom. The van der Waals surface area contributed by atoms with Gasteiger partial charge < -0.3 is 4.98 Å². The van der Waals surface area contributed by atoms with Crippen LogP contribution in [0.1, 0.15) is 0 Å². The molecule has 0 aliphatic rings. The third-order valence-electron chi connectivity index (χ3n) is 5.14. The molecule has 0 spiro atoms. The molecule has 0 amide bonds. The van der Waals surface area contributed by atoms with E-state index in [0.29, 0.717) is 33.7 Å². The molecule has 0 radical (unpaired) electrons. The molecule has 0 saturated carbocycles. The molecule has 1 aromatic carbocycles. The van der Waals surface area contributed by atoms with Crippen LogP contribution in [0.25, 0.3) is 56.0 Å². The SMILES string of the molecule is Fc1cccc(-c2ccnc3[nH]c(-c4n[nH]c5ncc(-c6cncnc6)c(F)c45)nc23)c1. The van der Waals surface area contributed by atoms with Crippen molar-refractivity contribution < 1.29 is 8.78 Å². The second-order valence-electron chi connectivity index (χ2n) is 7.06. The maximum absolute atomic E-state index is 15.5. The molecule has 8 nitrogen and oxygen atoms in total. The van der Waals surface area contributed by atoms with Crippen molar-refractivity contribution in [3.8, 4) is 33.8 Å². The number of fused-ring (bicyclic) bond motifs is 2. The second-order valence-corrected chi connectivity index (χ2v) is 7.06. The summed E-state index contributed by atoms with van der Waals surface area (Å²) in [6.45, 7) is 0. The fraction of sp³-hybridized carbons (Fsp3) is 0. The van der Waals surface area contributed by atoms with E-state index < -0.39 is 5.82 Å². The highest BCUT2D eigenvalue weighted by atomic mass is 19.1. The first-order chi connectivity index (χ1) is 15.7. The molecular weight excluding hydrogens is 414 g/mol. The minimum absolute atomic E-state index is 0.178. The standard InChI is InChI=1S/C22H12F2N8/c23-13-3-1-2-11(6-13)14-4-5-27-21-18(14)29-22(30-21)19-16-17(24)15(9-28-20(16)32-31-19)12-7-25-10-26-8-12/h1-10H,(H,27,29,30)(H,28,31,32). The number of halogens is 2. The smallest absolute Gasteiger partial charge is 0.161 e. The molecule has 0 fully saturated rings. The van der Waals surface area contributed by atoms with E-state index in [1.807, 2.05) is 0 Å². The zero-order chi connectivity index (χ0) is 21.7. The van der Waals surface area contributed by atoms with Crippen LogP contribution in [0, 0.1) is 11.6 Å². The zero-order valence-corrected chi connectivity index (χ0v) is 16.2. The lowest BCUT2D eigenvalue weighted by Crippen LogP contribution is -1.91. The van der Waals surface area contributed by atoms with Gasteiger partial charge in [0.1, 0.15) is 29.2 Å². The van der Waals surface area contributed by atoms with E-state index in [0.717, 1.165) is 0 Å². The van der Waals surface area contributed by atoms with Crippen molar-refractivity contribution in [1.29, 1.82) is 0 Å². The molecule has 5 heterocycles. The van der Waals surface area contributed by atoms with E-state index in [9.17, 15) is 4.39 Å². The number of hydrogen-bond donors (Lipinski definition) is 2. The number of rotatable bonds is 3. The minimum Gasteiger partial charge on any atom is -0.321 e. The second kappa shape index (κ2) is 6.98. The molecule has 0 aliphatic carbocycles. The lowest BCUT2D eigenvalue weighted by Gasteiger charge is -2.03. The first-order valence-electron chi connectivity index (χ1n) is 9.58. The molecule has 6 aromatic rings. The number of hydrogen-bond acceptors (Lipinski definition) is 6. The van der Waals surface area contributed by atoms with Crippen molar-refractivity contribution in [2.75, 3.05) is 0 Å². The Morgan fingerprint density at radius 2 is 1.72 bits per heavy atom. The summed E-state index contributed by atoms with van der Waals surface area (Å²) in [4.78, 5) is 24.2. The Balaban J connectivity index is 1.55. The Labute approximate surface area is 178 Å². The predicted molar refractivity (Wildman–Crippen MR) is 113 cm³/mol. The van der Waals surface area contributed by atoms with Crippen molar-refractivity contribution in [1.82, 2.24) is 40.1 Å². The van der Waals surface area contributed by atoms with E-state index in [1.165, 1.54) is 37.1 Å². The summed E-state index contributed by atoms with van der Waals surface area (Å²) in [7, 11) is 0. The number of nitrogens with zero attached hydrogens (tertiary/aromatic N) is 6. The van der Waals surface area contributed by atoms with Crippen molar-refractivity contribution >= 4 is 22.2 Å². The molecular formula is C22H12F2N8. The lowest BCUT2D eigenvalue weighted by molar-refractivity contribution is 0.628. The van der Waals surface area contributed by atoms with Gasteiger partial charge in [-0.1, -0.05) is 12.1 Å². The molecule has 10 heteroatoms. The minimum atomic E-state index is -0.521. The molecule has 5 aromatic heterocycles. The molecule has 32 heavy (non-hydrogen) atoms. The molecule has 0 aliphatic heterocycles. The van der Waals surface area contributed by atoms with Crippen LogP contribution in [-0.4, -0.2) is 40.1 Å². The van der Waals surface area contributed by atoms with Gasteiger partial charge in [-0.2, -0.15) is 5.10 Å². The summed E-state index contributed by atoms with van der Waals surface area (Å²) in [5.41, 5.74) is 3.61. The Hall–Kier alpha value is -4.60. The van der Waals surface area contributed by atoms with Crippen LogP contribution in [0.4, 0.5) is 8.78 Å². The highest BCUT2D eigenvalue weighted by molar-refractivity contribution is 5.96. The van der Waals surface area contributed by atoms with E-state index in [4.69, 9.17) is 0 Å². The fourth-order valence-electron chi connectivity index (χ4n) is 3.68. The third-order valence-corrected chi connectivity index (χ3v) is 5.14. The van der Waals surface area contributed by atoms with Crippen molar-refractivity contribution in [3.05, 3.63) is 73.1 Å². The number of imidazole rings is 1. The maximum atomic E-state index is 15.5. The zero-order valence-electron chi connectivity index (χ0n) is 16.2. The van der Waals surface area contributed by atoms with E-state index in [1.54, 1.807) is 24.4 Å². The molecule has 0 unspecified atom stereocenters. The van der Waals surface area contributed by atoms with Crippen molar-refractivity contribution in [3.63, 3.8) is 0 Å². The molecule has 154 valence electrons. The van der Waals surface area contributed by atoms with Crippen LogP contribution in [0.3, 0.4) is 0 Å². The predicted octanol–water partition coefficient (Wildman–Crippen LogP) is 4.30. The monoisotopic (exact) mass is 426 g/mol. The molecule has 2 N–H and O–H groups in total. The number of pyridine rings is 2. The summed E-state index contributed by atoms with van der Waals surface area (Å²) in [6.07, 6.45) is 7.39. The van der Waals surface area contributed by atoms with Crippen LogP contribution >= 0.6 is 0 Å². The van der Waals surface area contributed by atoms with E-state index >= 15 is 4.39 Å². The quantitative estimate of drug-likeness (QED) is 0.437. The largest absolute Gasteiger partial charge is 0.321 e. The van der Waals surface area contributed by atoms with Gasteiger partial charge in [0.25, 0.3) is 0 Å². The van der Waals surface area contributed by atoms with Gasteiger partial charge in [-0.25, -0.2) is 33.7 Å². The van der Waals surface area contributed by atoms with Gasteiger partial charge in [0.05, 0.1) is 5.39 Å². The van der Waals surface area contributed by atoms with Crippen molar-refractivity contribution in [2.45, 2.75) is 0 Å².